The van der Waals surface area contributed by atoms with Gasteiger partial charge in [-0.2, -0.15) is 5.26 Å². The summed E-state index contributed by atoms with van der Waals surface area (Å²) >= 11 is 1.69. The molecule has 0 fully saturated rings. The Morgan fingerprint density at radius 3 is 2.83 bits per heavy atom. The first-order chi connectivity index (χ1) is 8.71. The summed E-state index contributed by atoms with van der Waals surface area (Å²) in [4.78, 5) is 5.55. The average molecular weight is 255 g/mol. The molecule has 2 rings (SSSR count). The van der Waals surface area contributed by atoms with E-state index in [9.17, 15) is 0 Å². The van der Waals surface area contributed by atoms with Crippen molar-refractivity contribution in [2.45, 2.75) is 11.8 Å². The van der Waals surface area contributed by atoms with Crippen molar-refractivity contribution in [3.8, 4) is 6.07 Å². The highest BCUT2D eigenvalue weighted by molar-refractivity contribution is 7.98. The van der Waals surface area contributed by atoms with Gasteiger partial charge in [-0.3, -0.25) is 0 Å². The average Bonchev–Trinajstić information content (AvgIpc) is 2.38. The monoisotopic (exact) mass is 255 g/mol. The van der Waals surface area contributed by atoms with Gasteiger partial charge in [0.05, 0.1) is 11.6 Å². The summed E-state index contributed by atoms with van der Waals surface area (Å²) in [5, 5.41) is 12.1. The fraction of sp³-hybridized carbons (Fsp3) is 0.143. The first kappa shape index (κ1) is 12.5. The quantitative estimate of drug-likeness (QED) is 0.849. The molecule has 0 unspecified atom stereocenters. The predicted molar refractivity (Wildman–Crippen MR) is 75.2 cm³/mol. The van der Waals surface area contributed by atoms with E-state index in [-0.39, 0.29) is 0 Å². The van der Waals surface area contributed by atoms with E-state index in [0.29, 0.717) is 11.4 Å². The van der Waals surface area contributed by atoms with Gasteiger partial charge < -0.3 is 5.32 Å². The molecule has 18 heavy (non-hydrogen) atoms. The van der Waals surface area contributed by atoms with E-state index in [4.69, 9.17) is 5.26 Å². The van der Waals surface area contributed by atoms with Crippen molar-refractivity contribution in [1.82, 2.24) is 4.98 Å². The largest absolute Gasteiger partial charge is 0.340 e. The Morgan fingerprint density at radius 1 is 1.28 bits per heavy atom. The summed E-state index contributed by atoms with van der Waals surface area (Å²) in [6, 6.07) is 13.7. The lowest BCUT2D eigenvalue weighted by atomic mass is 10.2. The van der Waals surface area contributed by atoms with Crippen molar-refractivity contribution in [3.63, 3.8) is 0 Å². The molecule has 0 aliphatic rings. The molecule has 0 spiro atoms. The van der Waals surface area contributed by atoms with E-state index >= 15 is 0 Å². The highest BCUT2D eigenvalue weighted by Crippen LogP contribution is 2.22. The number of benzene rings is 1. The number of nitrogens with zero attached hydrogens (tertiary/aromatic N) is 2. The molecular weight excluding hydrogens is 242 g/mol. The molecular formula is C14H13N3S. The third-order valence-electron chi connectivity index (χ3n) is 2.42. The molecule has 2 aromatic rings. The molecule has 0 aliphatic heterocycles. The second kappa shape index (κ2) is 5.56. The van der Waals surface area contributed by atoms with Crippen molar-refractivity contribution in [1.29, 1.82) is 5.26 Å². The van der Waals surface area contributed by atoms with Gasteiger partial charge in [0.25, 0.3) is 0 Å². The summed E-state index contributed by atoms with van der Waals surface area (Å²) in [6.45, 7) is 1.88. The minimum absolute atomic E-state index is 0.617. The van der Waals surface area contributed by atoms with Crippen molar-refractivity contribution in [2.24, 2.45) is 0 Å². The molecule has 1 N–H and O–H groups in total. The number of nitrogens with one attached hydrogen (secondary N) is 1. The summed E-state index contributed by atoms with van der Waals surface area (Å²) in [7, 11) is 0. The highest BCUT2D eigenvalue weighted by atomic mass is 32.2. The van der Waals surface area contributed by atoms with E-state index in [1.165, 1.54) is 4.90 Å². The third-order valence-corrected chi connectivity index (χ3v) is 3.15. The Labute approximate surface area is 111 Å². The Kier molecular flexibility index (Phi) is 3.85. The maximum absolute atomic E-state index is 8.93. The number of aryl methyl sites for hydroxylation is 1. The van der Waals surface area contributed by atoms with Gasteiger partial charge in [-0.05, 0) is 43.5 Å². The van der Waals surface area contributed by atoms with E-state index < -0.39 is 0 Å². The van der Waals surface area contributed by atoms with Crippen LogP contribution in [0.1, 0.15) is 11.3 Å². The number of aromatic nitrogens is 1. The van der Waals surface area contributed by atoms with Crippen LogP contribution < -0.4 is 5.32 Å². The number of hydrogen-bond acceptors (Lipinski definition) is 4. The van der Waals surface area contributed by atoms with Crippen LogP contribution in [-0.2, 0) is 0 Å². The van der Waals surface area contributed by atoms with Crippen LogP contribution in [-0.4, -0.2) is 11.2 Å². The zero-order valence-corrected chi connectivity index (χ0v) is 11.1. The van der Waals surface area contributed by atoms with Crippen LogP contribution in [0.15, 0.2) is 41.3 Å². The van der Waals surface area contributed by atoms with Crippen LogP contribution in [0.4, 0.5) is 11.5 Å². The molecule has 3 nitrogen and oxygen atoms in total. The van der Waals surface area contributed by atoms with Crippen molar-refractivity contribution < 1.29 is 0 Å². The molecule has 0 bridgehead atoms. The maximum Gasteiger partial charge on any atom is 0.131 e. The van der Waals surface area contributed by atoms with Gasteiger partial charge in [-0.15, -0.1) is 11.8 Å². The van der Waals surface area contributed by atoms with Crippen LogP contribution in [0, 0.1) is 18.3 Å². The lowest BCUT2D eigenvalue weighted by Crippen LogP contribution is -1.96. The van der Waals surface area contributed by atoms with Gasteiger partial charge in [-0.1, -0.05) is 6.07 Å². The molecule has 1 aromatic carbocycles. The molecule has 4 heteroatoms. The Morgan fingerprint density at radius 2 is 2.11 bits per heavy atom. The number of pyridine rings is 1. The second-order valence-corrected chi connectivity index (χ2v) is 4.73. The molecule has 0 saturated carbocycles. The first-order valence-corrected chi connectivity index (χ1v) is 6.73. The summed E-state index contributed by atoms with van der Waals surface area (Å²) < 4.78 is 0. The molecule has 90 valence electrons. The van der Waals surface area contributed by atoms with Gasteiger partial charge >= 0.3 is 0 Å². The Hall–Kier alpha value is -1.99. The highest BCUT2D eigenvalue weighted by Gasteiger charge is 2.01. The van der Waals surface area contributed by atoms with E-state index in [0.717, 1.165) is 11.4 Å². The van der Waals surface area contributed by atoms with Crippen molar-refractivity contribution in [2.75, 3.05) is 11.6 Å². The second-order valence-electron chi connectivity index (χ2n) is 3.85. The molecule has 1 heterocycles. The lowest BCUT2D eigenvalue weighted by molar-refractivity contribution is 1.19. The standard InChI is InChI=1S/C14H13N3S/c1-10-6-11(9-15)7-14(16-10)17-12-4-3-5-13(8-12)18-2/h3-8H,1-2H3,(H,16,17). The molecule has 1 aromatic heterocycles. The van der Waals surface area contributed by atoms with Gasteiger partial charge in [0, 0.05) is 16.3 Å². The molecule has 0 aliphatic carbocycles. The Bertz CT molecular complexity index is 602. The number of hydrogen-bond donors (Lipinski definition) is 1. The fourth-order valence-corrected chi connectivity index (χ4v) is 2.11. The van der Waals surface area contributed by atoms with Gasteiger partial charge in [-0.25, -0.2) is 4.98 Å². The SMILES string of the molecule is CSc1cccc(Nc2cc(C#N)cc(C)n2)c1. The summed E-state index contributed by atoms with van der Waals surface area (Å²) in [6.07, 6.45) is 2.04. The summed E-state index contributed by atoms with van der Waals surface area (Å²) in [5.74, 6) is 0.699. The molecule has 0 saturated heterocycles. The minimum atomic E-state index is 0.617. The predicted octanol–water partition coefficient (Wildman–Crippen LogP) is 3.73. The van der Waals surface area contributed by atoms with Gasteiger partial charge in [0.15, 0.2) is 0 Å². The van der Waals surface area contributed by atoms with Crippen LogP contribution >= 0.6 is 11.8 Å². The lowest BCUT2D eigenvalue weighted by Gasteiger charge is -2.08. The molecule has 0 radical (unpaired) electrons. The van der Waals surface area contributed by atoms with Crippen molar-refractivity contribution in [3.05, 3.63) is 47.7 Å². The smallest absolute Gasteiger partial charge is 0.131 e. The van der Waals surface area contributed by atoms with Gasteiger partial charge in [0.2, 0.25) is 0 Å². The van der Waals surface area contributed by atoms with Crippen molar-refractivity contribution >= 4 is 23.3 Å². The number of thioether (sulfide) groups is 1. The van der Waals surface area contributed by atoms with Crippen LogP contribution in [0.25, 0.3) is 0 Å². The number of nitriles is 1. The van der Waals surface area contributed by atoms with Crippen LogP contribution in [0.3, 0.4) is 0 Å². The Balaban J connectivity index is 2.28. The van der Waals surface area contributed by atoms with Crippen LogP contribution in [0.2, 0.25) is 0 Å². The molecule has 0 amide bonds. The molecule has 0 atom stereocenters. The normalized spacial score (nSPS) is 9.83. The zero-order valence-electron chi connectivity index (χ0n) is 10.3. The number of anilines is 2. The number of rotatable bonds is 3. The first-order valence-electron chi connectivity index (χ1n) is 5.51. The van der Waals surface area contributed by atoms with E-state index in [2.05, 4.69) is 28.5 Å². The minimum Gasteiger partial charge on any atom is -0.340 e. The van der Waals surface area contributed by atoms with E-state index in [1.54, 1.807) is 23.9 Å². The maximum atomic E-state index is 8.93. The topological polar surface area (TPSA) is 48.7 Å². The third kappa shape index (κ3) is 3.02. The fourth-order valence-electron chi connectivity index (χ4n) is 1.65. The zero-order chi connectivity index (χ0) is 13.0. The van der Waals surface area contributed by atoms with E-state index in [1.807, 2.05) is 25.3 Å². The summed E-state index contributed by atoms with van der Waals surface area (Å²) in [5.41, 5.74) is 2.42. The van der Waals surface area contributed by atoms with Gasteiger partial charge in [0.1, 0.15) is 5.82 Å². The van der Waals surface area contributed by atoms with Crippen LogP contribution in [0.5, 0.6) is 0 Å².